The molecular formula is C9H11ClN4. The average Bonchev–Trinajstić information content (AvgIpc) is 2.66. The molecule has 4 nitrogen and oxygen atoms in total. The van der Waals surface area contributed by atoms with E-state index < -0.39 is 0 Å². The Morgan fingerprint density at radius 2 is 2.07 bits per heavy atom. The lowest BCUT2D eigenvalue weighted by atomic mass is 10.2. The maximum Gasteiger partial charge on any atom is 0.114 e. The molecule has 0 saturated heterocycles. The van der Waals surface area contributed by atoms with Crippen LogP contribution in [0.4, 0.5) is 0 Å². The summed E-state index contributed by atoms with van der Waals surface area (Å²) in [6.07, 6.45) is 3.65. The van der Waals surface area contributed by atoms with Crippen LogP contribution in [0.2, 0.25) is 5.02 Å². The van der Waals surface area contributed by atoms with Crippen molar-refractivity contribution >= 4 is 11.6 Å². The molecule has 5 heteroatoms. The van der Waals surface area contributed by atoms with E-state index in [1.54, 1.807) is 15.6 Å². The first kappa shape index (κ1) is 9.27. The molecule has 0 aromatic carbocycles. The number of halogens is 1. The molecule has 0 atom stereocenters. The van der Waals surface area contributed by atoms with Crippen LogP contribution in [0, 0.1) is 6.92 Å². The fourth-order valence-corrected chi connectivity index (χ4v) is 1.58. The van der Waals surface area contributed by atoms with Gasteiger partial charge in [0.1, 0.15) is 5.69 Å². The third-order valence-electron chi connectivity index (χ3n) is 2.24. The number of rotatable bonds is 1. The van der Waals surface area contributed by atoms with Gasteiger partial charge in [-0.25, -0.2) is 0 Å². The maximum atomic E-state index is 6.14. The summed E-state index contributed by atoms with van der Waals surface area (Å²) in [4.78, 5) is 0. The molecule has 0 aliphatic rings. The zero-order chi connectivity index (χ0) is 10.3. The Labute approximate surface area is 87.1 Å². The Hall–Kier alpha value is -1.29. The molecule has 0 N–H and O–H groups in total. The van der Waals surface area contributed by atoms with Gasteiger partial charge in [-0.1, -0.05) is 11.6 Å². The van der Waals surface area contributed by atoms with Crippen molar-refractivity contribution in [1.29, 1.82) is 0 Å². The van der Waals surface area contributed by atoms with E-state index in [1.807, 2.05) is 27.2 Å². The SMILES string of the molecule is Cc1c(Cl)c(-c2cnn(C)c2)nn1C. The molecule has 0 unspecified atom stereocenters. The van der Waals surface area contributed by atoms with Gasteiger partial charge in [0.05, 0.1) is 16.9 Å². The Bertz CT molecular complexity index is 469. The Morgan fingerprint density at radius 1 is 1.36 bits per heavy atom. The quantitative estimate of drug-likeness (QED) is 0.720. The van der Waals surface area contributed by atoms with E-state index in [1.165, 1.54) is 0 Å². The van der Waals surface area contributed by atoms with Crippen LogP contribution < -0.4 is 0 Å². The molecule has 0 spiro atoms. The monoisotopic (exact) mass is 210 g/mol. The second-order valence-corrected chi connectivity index (χ2v) is 3.65. The van der Waals surface area contributed by atoms with E-state index in [-0.39, 0.29) is 0 Å². The van der Waals surface area contributed by atoms with Gasteiger partial charge in [0.15, 0.2) is 0 Å². The van der Waals surface area contributed by atoms with E-state index in [2.05, 4.69) is 10.2 Å². The minimum atomic E-state index is 0.695. The van der Waals surface area contributed by atoms with Gasteiger partial charge in [-0.15, -0.1) is 0 Å². The maximum absolute atomic E-state index is 6.14. The van der Waals surface area contributed by atoms with Crippen LogP contribution in [-0.2, 0) is 14.1 Å². The molecule has 0 aliphatic carbocycles. The van der Waals surface area contributed by atoms with Crippen molar-refractivity contribution in [3.63, 3.8) is 0 Å². The predicted molar refractivity (Wildman–Crippen MR) is 55.2 cm³/mol. The van der Waals surface area contributed by atoms with Crippen molar-refractivity contribution in [2.24, 2.45) is 14.1 Å². The summed E-state index contributed by atoms with van der Waals surface area (Å²) in [5.41, 5.74) is 2.70. The summed E-state index contributed by atoms with van der Waals surface area (Å²) < 4.78 is 3.50. The van der Waals surface area contributed by atoms with Gasteiger partial charge in [0.25, 0.3) is 0 Å². The van der Waals surface area contributed by atoms with E-state index in [9.17, 15) is 0 Å². The van der Waals surface area contributed by atoms with E-state index in [0.29, 0.717) is 5.02 Å². The third kappa shape index (κ3) is 1.32. The lowest BCUT2D eigenvalue weighted by Crippen LogP contribution is -1.92. The van der Waals surface area contributed by atoms with Gasteiger partial charge >= 0.3 is 0 Å². The third-order valence-corrected chi connectivity index (χ3v) is 2.69. The minimum absolute atomic E-state index is 0.695. The largest absolute Gasteiger partial charge is 0.275 e. The molecule has 0 radical (unpaired) electrons. The van der Waals surface area contributed by atoms with Crippen molar-refractivity contribution in [1.82, 2.24) is 19.6 Å². The zero-order valence-electron chi connectivity index (χ0n) is 8.32. The van der Waals surface area contributed by atoms with Gasteiger partial charge in [-0.3, -0.25) is 9.36 Å². The highest BCUT2D eigenvalue weighted by Gasteiger charge is 2.13. The van der Waals surface area contributed by atoms with Crippen LogP contribution in [0.15, 0.2) is 12.4 Å². The summed E-state index contributed by atoms with van der Waals surface area (Å²) in [7, 11) is 3.74. The molecule has 2 heterocycles. The molecule has 2 aromatic heterocycles. The van der Waals surface area contributed by atoms with Crippen molar-refractivity contribution in [3.8, 4) is 11.3 Å². The molecule has 74 valence electrons. The van der Waals surface area contributed by atoms with Crippen LogP contribution in [0.3, 0.4) is 0 Å². The van der Waals surface area contributed by atoms with Gasteiger partial charge < -0.3 is 0 Å². The van der Waals surface area contributed by atoms with Gasteiger partial charge in [-0.2, -0.15) is 10.2 Å². The summed E-state index contributed by atoms with van der Waals surface area (Å²) in [6.45, 7) is 1.94. The Kier molecular flexibility index (Phi) is 2.07. The van der Waals surface area contributed by atoms with E-state index in [0.717, 1.165) is 17.0 Å². The number of nitrogens with zero attached hydrogens (tertiary/aromatic N) is 4. The van der Waals surface area contributed by atoms with Crippen LogP contribution in [-0.4, -0.2) is 19.6 Å². The first-order valence-corrected chi connectivity index (χ1v) is 4.65. The first-order valence-electron chi connectivity index (χ1n) is 4.27. The van der Waals surface area contributed by atoms with Crippen LogP contribution in [0.25, 0.3) is 11.3 Å². The van der Waals surface area contributed by atoms with Crippen LogP contribution in [0.1, 0.15) is 5.69 Å². The highest BCUT2D eigenvalue weighted by Crippen LogP contribution is 2.28. The van der Waals surface area contributed by atoms with Crippen molar-refractivity contribution in [2.75, 3.05) is 0 Å². The fraction of sp³-hybridized carbons (Fsp3) is 0.333. The number of aryl methyl sites for hydroxylation is 2. The van der Waals surface area contributed by atoms with Crippen molar-refractivity contribution in [3.05, 3.63) is 23.1 Å². The Balaban J connectivity index is 2.57. The van der Waals surface area contributed by atoms with Crippen LogP contribution >= 0.6 is 11.6 Å². The van der Waals surface area contributed by atoms with Crippen molar-refractivity contribution < 1.29 is 0 Å². The van der Waals surface area contributed by atoms with Gasteiger partial charge in [0.2, 0.25) is 0 Å². The highest BCUT2D eigenvalue weighted by atomic mass is 35.5. The molecule has 0 fully saturated rings. The minimum Gasteiger partial charge on any atom is -0.275 e. The standard InChI is InChI=1S/C9H11ClN4/c1-6-8(10)9(12-14(6)3)7-4-11-13(2)5-7/h4-5H,1-3H3. The highest BCUT2D eigenvalue weighted by molar-refractivity contribution is 6.33. The predicted octanol–water partition coefficient (Wildman–Crippen LogP) is 1.78. The molecule has 0 amide bonds. The molecule has 0 saturated carbocycles. The molecule has 14 heavy (non-hydrogen) atoms. The summed E-state index contributed by atoms with van der Waals surface area (Å²) in [6, 6.07) is 0. The first-order chi connectivity index (χ1) is 6.59. The van der Waals surface area contributed by atoms with E-state index >= 15 is 0 Å². The topological polar surface area (TPSA) is 35.6 Å². The average molecular weight is 211 g/mol. The van der Waals surface area contributed by atoms with Gasteiger partial charge in [0, 0.05) is 25.9 Å². The summed E-state index contributed by atoms with van der Waals surface area (Å²) in [5.74, 6) is 0. The Morgan fingerprint density at radius 3 is 2.50 bits per heavy atom. The number of hydrogen-bond acceptors (Lipinski definition) is 2. The van der Waals surface area contributed by atoms with Crippen LogP contribution in [0.5, 0.6) is 0 Å². The fourth-order valence-electron chi connectivity index (χ4n) is 1.31. The molecule has 0 bridgehead atoms. The molecule has 2 rings (SSSR count). The summed E-state index contributed by atoms with van der Waals surface area (Å²) >= 11 is 6.14. The molecule has 2 aromatic rings. The smallest absolute Gasteiger partial charge is 0.114 e. The normalized spacial score (nSPS) is 10.9. The van der Waals surface area contributed by atoms with E-state index in [4.69, 9.17) is 11.6 Å². The molecular weight excluding hydrogens is 200 g/mol. The zero-order valence-corrected chi connectivity index (χ0v) is 9.08. The lowest BCUT2D eigenvalue weighted by molar-refractivity contribution is 0.742. The second kappa shape index (κ2) is 3.13. The van der Waals surface area contributed by atoms with Crippen molar-refractivity contribution in [2.45, 2.75) is 6.92 Å². The number of hydrogen-bond donors (Lipinski definition) is 0. The lowest BCUT2D eigenvalue weighted by Gasteiger charge is -1.89. The number of aromatic nitrogens is 4. The summed E-state index contributed by atoms with van der Waals surface area (Å²) in [5, 5.41) is 9.10. The second-order valence-electron chi connectivity index (χ2n) is 3.27. The van der Waals surface area contributed by atoms with Gasteiger partial charge in [-0.05, 0) is 6.92 Å². The molecule has 0 aliphatic heterocycles.